The van der Waals surface area contributed by atoms with Crippen molar-refractivity contribution in [3.63, 3.8) is 0 Å². The second kappa shape index (κ2) is 8.31. The number of phenols is 1. The number of benzene rings is 3. The molecule has 5 nitrogen and oxygen atoms in total. The number of ether oxygens (including phenoxy) is 1. The summed E-state index contributed by atoms with van der Waals surface area (Å²) >= 11 is 0. The number of methoxy groups -OCH3 is 1. The zero-order valence-corrected chi connectivity index (χ0v) is 16.1. The molecule has 0 amide bonds. The molecule has 0 bridgehead atoms. The van der Waals surface area contributed by atoms with E-state index in [1.54, 1.807) is 19.2 Å². The van der Waals surface area contributed by atoms with Crippen LogP contribution < -0.4 is 4.74 Å². The van der Waals surface area contributed by atoms with Crippen LogP contribution in [0, 0.1) is 0 Å². The third-order valence-corrected chi connectivity index (χ3v) is 5.20. The van der Waals surface area contributed by atoms with Gasteiger partial charge in [-0.05, 0) is 40.1 Å². The molecule has 0 saturated carbocycles. The summed E-state index contributed by atoms with van der Waals surface area (Å²) in [6.07, 6.45) is 1.82. The number of hydrazone groups is 1. The third-order valence-electron chi connectivity index (χ3n) is 5.20. The van der Waals surface area contributed by atoms with Crippen molar-refractivity contribution in [2.24, 2.45) is 5.10 Å². The topological polar surface area (TPSA) is 48.3 Å². The van der Waals surface area contributed by atoms with E-state index in [-0.39, 0.29) is 5.75 Å². The first kappa shape index (κ1) is 18.3. The maximum atomic E-state index is 9.68. The molecule has 0 aromatic heterocycles. The summed E-state index contributed by atoms with van der Waals surface area (Å²) in [6, 6.07) is 20.4. The van der Waals surface area contributed by atoms with Crippen molar-refractivity contribution in [2.45, 2.75) is 6.54 Å². The fourth-order valence-corrected chi connectivity index (χ4v) is 3.61. The molecule has 3 aromatic rings. The van der Waals surface area contributed by atoms with Gasteiger partial charge in [-0.15, -0.1) is 0 Å². The van der Waals surface area contributed by atoms with E-state index in [0.29, 0.717) is 5.75 Å². The Hall–Kier alpha value is -3.05. The highest BCUT2D eigenvalue weighted by molar-refractivity contribution is 5.85. The van der Waals surface area contributed by atoms with Crippen LogP contribution >= 0.6 is 0 Å². The molecule has 5 heteroatoms. The lowest BCUT2D eigenvalue weighted by atomic mass is 10.0. The quantitative estimate of drug-likeness (QED) is 0.691. The molecular weight excluding hydrogens is 350 g/mol. The summed E-state index contributed by atoms with van der Waals surface area (Å²) in [5.74, 6) is 0.602. The molecule has 28 heavy (non-hydrogen) atoms. The molecule has 0 radical (unpaired) electrons. The molecule has 0 aliphatic carbocycles. The number of aromatic hydroxyl groups is 1. The molecule has 0 unspecified atom stereocenters. The molecule has 0 spiro atoms. The lowest BCUT2D eigenvalue weighted by molar-refractivity contribution is 0.131. The molecule has 0 atom stereocenters. The molecule has 144 valence electrons. The molecule has 1 saturated heterocycles. The largest absolute Gasteiger partial charge is 0.504 e. The Labute approximate surface area is 165 Å². The van der Waals surface area contributed by atoms with Crippen LogP contribution in [0.25, 0.3) is 10.8 Å². The van der Waals surface area contributed by atoms with E-state index in [2.05, 4.69) is 57.5 Å². The molecule has 1 aliphatic rings. The summed E-state index contributed by atoms with van der Waals surface area (Å²) in [7, 11) is 1.55. The van der Waals surface area contributed by atoms with Crippen LogP contribution in [-0.2, 0) is 6.54 Å². The SMILES string of the molecule is COc1cc(/C=N\N2CCN(Cc3cccc4ccccc34)CC2)ccc1O. The minimum Gasteiger partial charge on any atom is -0.504 e. The number of piperazine rings is 1. The van der Waals surface area contributed by atoms with E-state index >= 15 is 0 Å². The van der Waals surface area contributed by atoms with Gasteiger partial charge in [0.1, 0.15) is 0 Å². The van der Waals surface area contributed by atoms with Gasteiger partial charge in [0.05, 0.1) is 13.3 Å². The Balaban J connectivity index is 1.36. The van der Waals surface area contributed by atoms with Gasteiger partial charge in [-0.25, -0.2) is 0 Å². The Morgan fingerprint density at radius 2 is 1.79 bits per heavy atom. The number of nitrogens with zero attached hydrogens (tertiary/aromatic N) is 3. The smallest absolute Gasteiger partial charge is 0.161 e. The van der Waals surface area contributed by atoms with Gasteiger partial charge in [-0.2, -0.15) is 5.10 Å². The van der Waals surface area contributed by atoms with E-state index in [1.165, 1.54) is 16.3 Å². The van der Waals surface area contributed by atoms with Crippen LogP contribution in [0.2, 0.25) is 0 Å². The summed E-state index contributed by atoms with van der Waals surface area (Å²) in [6.45, 7) is 4.74. The second-order valence-electron chi connectivity index (χ2n) is 7.04. The van der Waals surface area contributed by atoms with Gasteiger partial charge in [-0.3, -0.25) is 9.91 Å². The monoisotopic (exact) mass is 375 g/mol. The van der Waals surface area contributed by atoms with E-state index in [1.807, 2.05) is 12.3 Å². The first-order chi connectivity index (χ1) is 13.7. The van der Waals surface area contributed by atoms with E-state index in [9.17, 15) is 5.11 Å². The number of hydrogen-bond donors (Lipinski definition) is 1. The molecule has 1 N–H and O–H groups in total. The first-order valence-electron chi connectivity index (χ1n) is 9.58. The van der Waals surface area contributed by atoms with Crippen molar-refractivity contribution in [3.8, 4) is 11.5 Å². The second-order valence-corrected chi connectivity index (χ2v) is 7.04. The lowest BCUT2D eigenvalue weighted by Crippen LogP contribution is -2.43. The van der Waals surface area contributed by atoms with Crippen LogP contribution in [-0.4, -0.2) is 54.5 Å². The zero-order valence-electron chi connectivity index (χ0n) is 16.1. The number of fused-ring (bicyclic) bond motifs is 1. The van der Waals surface area contributed by atoms with Crippen LogP contribution in [0.1, 0.15) is 11.1 Å². The van der Waals surface area contributed by atoms with Crippen molar-refractivity contribution in [1.82, 2.24) is 9.91 Å². The number of hydrogen-bond acceptors (Lipinski definition) is 5. The summed E-state index contributed by atoms with van der Waals surface area (Å²) < 4.78 is 5.15. The lowest BCUT2D eigenvalue weighted by Gasteiger charge is -2.33. The van der Waals surface area contributed by atoms with Gasteiger partial charge < -0.3 is 9.84 Å². The van der Waals surface area contributed by atoms with E-state index in [4.69, 9.17) is 4.74 Å². The Bertz CT molecular complexity index is 973. The molecular formula is C23H25N3O2. The fraction of sp³-hybridized carbons (Fsp3) is 0.261. The average Bonchev–Trinajstić information content (AvgIpc) is 2.74. The average molecular weight is 375 g/mol. The predicted octanol–water partition coefficient (Wildman–Crippen LogP) is 3.71. The van der Waals surface area contributed by atoms with E-state index < -0.39 is 0 Å². The van der Waals surface area contributed by atoms with Crippen molar-refractivity contribution >= 4 is 17.0 Å². The van der Waals surface area contributed by atoms with Gasteiger partial charge in [-0.1, -0.05) is 42.5 Å². The van der Waals surface area contributed by atoms with Crippen LogP contribution in [0.5, 0.6) is 11.5 Å². The van der Waals surface area contributed by atoms with Crippen LogP contribution in [0.3, 0.4) is 0 Å². The fourth-order valence-electron chi connectivity index (χ4n) is 3.61. The Kier molecular flexibility index (Phi) is 5.44. The summed E-state index contributed by atoms with van der Waals surface area (Å²) in [5, 5.41) is 19.0. The molecule has 4 rings (SSSR count). The van der Waals surface area contributed by atoms with Crippen LogP contribution in [0.15, 0.2) is 65.8 Å². The van der Waals surface area contributed by atoms with Gasteiger partial charge in [0.25, 0.3) is 0 Å². The third kappa shape index (κ3) is 4.10. The van der Waals surface area contributed by atoms with Crippen molar-refractivity contribution in [2.75, 3.05) is 33.3 Å². The highest BCUT2D eigenvalue weighted by Crippen LogP contribution is 2.25. The van der Waals surface area contributed by atoms with Crippen LogP contribution in [0.4, 0.5) is 0 Å². The van der Waals surface area contributed by atoms with Gasteiger partial charge in [0.15, 0.2) is 11.5 Å². The number of rotatable bonds is 5. The predicted molar refractivity (Wildman–Crippen MR) is 113 cm³/mol. The Morgan fingerprint density at radius 3 is 2.61 bits per heavy atom. The molecule has 1 heterocycles. The first-order valence-corrected chi connectivity index (χ1v) is 9.58. The maximum Gasteiger partial charge on any atom is 0.161 e. The van der Waals surface area contributed by atoms with Crippen molar-refractivity contribution in [1.29, 1.82) is 0 Å². The molecule has 1 aliphatic heterocycles. The zero-order chi connectivity index (χ0) is 19.3. The highest BCUT2D eigenvalue weighted by atomic mass is 16.5. The van der Waals surface area contributed by atoms with Crippen molar-refractivity contribution < 1.29 is 9.84 Å². The summed E-state index contributed by atoms with van der Waals surface area (Å²) in [4.78, 5) is 2.48. The normalized spacial score (nSPS) is 15.4. The highest BCUT2D eigenvalue weighted by Gasteiger charge is 2.16. The van der Waals surface area contributed by atoms with Gasteiger partial charge >= 0.3 is 0 Å². The van der Waals surface area contributed by atoms with Crippen molar-refractivity contribution in [3.05, 3.63) is 71.8 Å². The van der Waals surface area contributed by atoms with E-state index in [0.717, 1.165) is 38.3 Å². The molecule has 3 aromatic carbocycles. The van der Waals surface area contributed by atoms with Gasteiger partial charge in [0.2, 0.25) is 0 Å². The molecule has 1 fully saturated rings. The minimum atomic E-state index is 0.140. The minimum absolute atomic E-state index is 0.140. The standard InChI is InChI=1S/C23H25N3O2/c1-28-23-15-18(9-10-22(23)27)16-24-26-13-11-25(12-14-26)17-20-7-4-6-19-5-2-3-8-21(19)20/h2-10,15-16,27H,11-14,17H2,1H3/b24-16-. The Morgan fingerprint density at radius 1 is 1.00 bits per heavy atom. The maximum absolute atomic E-state index is 9.68. The summed E-state index contributed by atoms with van der Waals surface area (Å²) in [5.41, 5.74) is 2.29. The van der Waals surface area contributed by atoms with Gasteiger partial charge in [0, 0.05) is 32.7 Å². The number of phenolic OH excluding ortho intramolecular Hbond substituents is 1.